The first-order chi connectivity index (χ1) is 23.9. The summed E-state index contributed by atoms with van der Waals surface area (Å²) in [5.74, 6) is 0.735. The van der Waals surface area contributed by atoms with Gasteiger partial charge in [-0.05, 0) is 88.1 Å². The molecule has 10 nitrogen and oxygen atoms in total. The van der Waals surface area contributed by atoms with E-state index in [0.29, 0.717) is 35.5 Å². The van der Waals surface area contributed by atoms with Crippen LogP contribution in [0.4, 0.5) is 26.5 Å². The van der Waals surface area contributed by atoms with Crippen LogP contribution in [0.15, 0.2) is 54.6 Å². The summed E-state index contributed by atoms with van der Waals surface area (Å²) in [6, 6.07) is 15.6. The van der Waals surface area contributed by atoms with Crippen LogP contribution in [0.25, 0.3) is 11.3 Å². The summed E-state index contributed by atoms with van der Waals surface area (Å²) in [5.41, 5.74) is 5.31. The van der Waals surface area contributed by atoms with Gasteiger partial charge in [-0.25, -0.2) is 14.2 Å². The monoisotopic (exact) mass is 704 g/mol. The summed E-state index contributed by atoms with van der Waals surface area (Å²) in [6.07, 6.45) is 0.0591. The van der Waals surface area contributed by atoms with Crippen molar-refractivity contribution in [1.29, 1.82) is 0 Å². The Hall–Kier alpha value is -4.45. The Labute approximate surface area is 299 Å². The van der Waals surface area contributed by atoms with Gasteiger partial charge in [0.1, 0.15) is 5.82 Å². The molecule has 1 N–H and O–H groups in total. The van der Waals surface area contributed by atoms with Gasteiger partial charge in [0, 0.05) is 74.2 Å². The maximum atomic E-state index is 14.5. The summed E-state index contributed by atoms with van der Waals surface area (Å²) >= 11 is 6.06. The zero-order valence-corrected chi connectivity index (χ0v) is 30.6. The molecule has 1 saturated heterocycles. The van der Waals surface area contributed by atoms with Crippen LogP contribution in [0, 0.1) is 26.6 Å². The van der Waals surface area contributed by atoms with Crippen LogP contribution in [0.1, 0.15) is 37.0 Å². The number of hydrogen-bond acceptors (Lipinski definition) is 9. The molecule has 0 aliphatic carbocycles. The maximum absolute atomic E-state index is 14.5. The standard InChI is InChI=1S/C38H46ClFN6O4/c1-24(2)46-18-16-45(17-19-46)15-8-20-49-34-14-11-29(22-35(34)48-7)41-37-42-32(30-12-9-25(3)26(4)27(30)5)23-36(43-37)50-38(47)44(6)33-21-28(39)10-13-31(33)40/h9-14,21-24H,8,15-20H2,1-7H3,(H,41,42,43). The van der Waals surface area contributed by atoms with Crippen LogP contribution in [-0.4, -0.2) is 85.4 Å². The minimum atomic E-state index is -0.848. The number of anilines is 3. The first-order valence-corrected chi connectivity index (χ1v) is 17.2. The fraction of sp³-hybridized carbons (Fsp3) is 0.395. The van der Waals surface area contributed by atoms with Gasteiger partial charge in [-0.15, -0.1) is 0 Å². The SMILES string of the molecule is COc1cc(Nc2nc(OC(=O)N(C)c3cc(Cl)ccc3F)cc(-c3ccc(C)c(C)c3C)n2)ccc1OCCCN1CCN(C(C)C)CC1. The van der Waals surface area contributed by atoms with E-state index in [2.05, 4.69) is 33.9 Å². The molecule has 0 atom stereocenters. The molecule has 0 spiro atoms. The predicted molar refractivity (Wildman–Crippen MR) is 197 cm³/mol. The lowest BCUT2D eigenvalue weighted by molar-refractivity contribution is 0.104. The average Bonchev–Trinajstić information content (AvgIpc) is 3.10. The molecular formula is C38H46ClFN6O4. The van der Waals surface area contributed by atoms with Gasteiger partial charge in [-0.1, -0.05) is 23.7 Å². The van der Waals surface area contributed by atoms with Crippen molar-refractivity contribution in [3.05, 3.63) is 82.1 Å². The van der Waals surface area contributed by atoms with Crippen molar-refractivity contribution in [2.45, 2.75) is 47.1 Å². The molecule has 1 aromatic heterocycles. The van der Waals surface area contributed by atoms with Gasteiger partial charge in [0.25, 0.3) is 0 Å². The summed E-state index contributed by atoms with van der Waals surface area (Å²) in [5, 5.41) is 3.51. The van der Waals surface area contributed by atoms with Crippen LogP contribution < -0.4 is 24.4 Å². The minimum Gasteiger partial charge on any atom is -0.493 e. The van der Waals surface area contributed by atoms with Crippen LogP contribution >= 0.6 is 11.6 Å². The molecule has 1 fully saturated rings. The molecule has 266 valence electrons. The Morgan fingerprint density at radius 2 is 1.74 bits per heavy atom. The van der Waals surface area contributed by atoms with E-state index in [9.17, 15) is 9.18 Å². The number of carbonyl (C=O) groups is 1. The van der Waals surface area contributed by atoms with Crippen LogP contribution in [-0.2, 0) is 0 Å². The number of rotatable bonds is 12. The van der Waals surface area contributed by atoms with Gasteiger partial charge in [-0.3, -0.25) is 9.80 Å². The van der Waals surface area contributed by atoms with Crippen molar-refractivity contribution in [3.63, 3.8) is 0 Å². The second-order valence-corrected chi connectivity index (χ2v) is 13.2. The Bertz CT molecular complexity index is 1810. The number of carbonyl (C=O) groups excluding carboxylic acids is 1. The highest BCUT2D eigenvalue weighted by atomic mass is 35.5. The second-order valence-electron chi connectivity index (χ2n) is 12.8. The minimum absolute atomic E-state index is 0.0213. The van der Waals surface area contributed by atoms with Crippen LogP contribution in [0.3, 0.4) is 0 Å². The van der Waals surface area contributed by atoms with Gasteiger partial charge >= 0.3 is 6.09 Å². The van der Waals surface area contributed by atoms with Crippen molar-refractivity contribution in [2.24, 2.45) is 0 Å². The molecule has 2 heterocycles. The summed E-state index contributed by atoms with van der Waals surface area (Å²) < 4.78 is 32.0. The smallest absolute Gasteiger partial charge is 0.420 e. The van der Waals surface area contributed by atoms with E-state index in [1.807, 2.05) is 45.0 Å². The van der Waals surface area contributed by atoms with Gasteiger partial charge in [0.15, 0.2) is 11.5 Å². The number of nitrogens with zero attached hydrogens (tertiary/aromatic N) is 5. The molecule has 0 bridgehead atoms. The van der Waals surface area contributed by atoms with E-state index in [1.54, 1.807) is 19.2 Å². The summed E-state index contributed by atoms with van der Waals surface area (Å²) in [6.45, 7) is 16.5. The average molecular weight is 705 g/mol. The summed E-state index contributed by atoms with van der Waals surface area (Å²) in [7, 11) is 2.99. The number of hydrogen-bond donors (Lipinski definition) is 1. The lowest BCUT2D eigenvalue weighted by Crippen LogP contribution is -2.49. The van der Waals surface area contributed by atoms with E-state index in [0.717, 1.165) is 66.3 Å². The number of methoxy groups -OCH3 is 1. The number of ether oxygens (including phenoxy) is 3. The van der Waals surface area contributed by atoms with Gasteiger partial charge in [-0.2, -0.15) is 4.98 Å². The molecule has 0 unspecified atom stereocenters. The molecule has 4 aromatic rings. The van der Waals surface area contributed by atoms with Crippen LogP contribution in [0.5, 0.6) is 17.4 Å². The molecule has 3 aromatic carbocycles. The Balaban J connectivity index is 1.32. The third-order valence-corrected chi connectivity index (χ3v) is 9.44. The second kappa shape index (κ2) is 16.5. The normalized spacial score (nSPS) is 13.7. The van der Waals surface area contributed by atoms with Crippen LogP contribution in [0.2, 0.25) is 5.02 Å². The number of aromatic nitrogens is 2. The number of piperazine rings is 1. The van der Waals surface area contributed by atoms with E-state index in [-0.39, 0.29) is 22.5 Å². The number of aryl methyl sites for hydroxylation is 1. The summed E-state index contributed by atoms with van der Waals surface area (Å²) in [4.78, 5) is 28.5. The number of benzene rings is 3. The van der Waals surface area contributed by atoms with Crippen molar-refractivity contribution < 1.29 is 23.4 Å². The molecule has 1 aliphatic rings. The first-order valence-electron chi connectivity index (χ1n) is 16.8. The maximum Gasteiger partial charge on any atom is 0.420 e. The third kappa shape index (κ3) is 9.01. The Morgan fingerprint density at radius 3 is 2.46 bits per heavy atom. The van der Waals surface area contributed by atoms with Crippen molar-refractivity contribution in [3.8, 4) is 28.6 Å². The highest BCUT2D eigenvalue weighted by Crippen LogP contribution is 2.33. The first kappa shape index (κ1) is 36.8. The molecule has 50 heavy (non-hydrogen) atoms. The van der Waals surface area contributed by atoms with Crippen molar-refractivity contribution in [1.82, 2.24) is 19.8 Å². The molecule has 12 heteroatoms. The molecule has 0 saturated carbocycles. The zero-order valence-electron chi connectivity index (χ0n) is 29.8. The fourth-order valence-electron chi connectivity index (χ4n) is 5.87. The predicted octanol–water partition coefficient (Wildman–Crippen LogP) is 8.04. The van der Waals surface area contributed by atoms with E-state index < -0.39 is 11.9 Å². The van der Waals surface area contributed by atoms with Crippen molar-refractivity contribution in [2.75, 3.05) is 63.7 Å². The number of amides is 1. The lowest BCUT2D eigenvalue weighted by Gasteiger charge is -2.36. The lowest BCUT2D eigenvalue weighted by atomic mass is 9.97. The Kier molecular flexibility index (Phi) is 12.2. The molecule has 1 aliphatic heterocycles. The third-order valence-electron chi connectivity index (χ3n) is 9.21. The van der Waals surface area contributed by atoms with Crippen molar-refractivity contribution >= 4 is 35.0 Å². The van der Waals surface area contributed by atoms with Gasteiger partial charge in [0.2, 0.25) is 11.8 Å². The topological polar surface area (TPSA) is 92.3 Å². The number of nitrogens with one attached hydrogen (secondary N) is 1. The fourth-order valence-corrected chi connectivity index (χ4v) is 6.04. The quantitative estimate of drug-likeness (QED) is 0.147. The van der Waals surface area contributed by atoms with Gasteiger partial charge in [0.05, 0.1) is 25.1 Å². The van der Waals surface area contributed by atoms with Gasteiger partial charge < -0.3 is 24.4 Å². The van der Waals surface area contributed by atoms with E-state index >= 15 is 0 Å². The highest BCUT2D eigenvalue weighted by Gasteiger charge is 2.21. The van der Waals surface area contributed by atoms with E-state index in [1.165, 1.54) is 25.2 Å². The molecule has 5 rings (SSSR count). The molecule has 1 amide bonds. The Morgan fingerprint density at radius 1 is 0.980 bits per heavy atom. The molecular weight excluding hydrogens is 659 g/mol. The highest BCUT2D eigenvalue weighted by molar-refractivity contribution is 6.30. The molecule has 0 radical (unpaired) electrons. The van der Waals surface area contributed by atoms with E-state index in [4.69, 9.17) is 30.8 Å². The largest absolute Gasteiger partial charge is 0.493 e. The zero-order chi connectivity index (χ0) is 35.9. The number of halogens is 2.